The van der Waals surface area contributed by atoms with Crippen LogP contribution >= 0.6 is 23.2 Å². The van der Waals surface area contributed by atoms with Gasteiger partial charge >= 0.3 is 0 Å². The first-order valence-corrected chi connectivity index (χ1v) is 8.44. The van der Waals surface area contributed by atoms with E-state index in [-0.39, 0.29) is 5.56 Å². The van der Waals surface area contributed by atoms with Gasteiger partial charge in [0.25, 0.3) is 5.56 Å². The predicted octanol–water partition coefficient (Wildman–Crippen LogP) is 4.83. The van der Waals surface area contributed by atoms with Gasteiger partial charge in [-0.1, -0.05) is 60.5 Å². The van der Waals surface area contributed by atoms with E-state index in [2.05, 4.69) is 24.2 Å². The van der Waals surface area contributed by atoms with E-state index in [4.69, 9.17) is 23.2 Å². The fourth-order valence-corrected chi connectivity index (χ4v) is 2.76. The van der Waals surface area contributed by atoms with Gasteiger partial charge in [-0.25, -0.2) is 4.68 Å². The Morgan fingerprint density at radius 2 is 1.62 bits per heavy atom. The Morgan fingerprint density at radius 1 is 0.917 bits per heavy atom. The summed E-state index contributed by atoms with van der Waals surface area (Å²) in [4.78, 5) is 12.1. The van der Waals surface area contributed by atoms with Crippen molar-refractivity contribution in [3.63, 3.8) is 0 Å². The topological polar surface area (TPSA) is 34.9 Å². The standard InChI is InChI=1S/C19H16Cl2N2O/c1-2-13-3-6-15(7-4-13)18-9-10-19(24)23(22-18)12-14-5-8-16(20)17(21)11-14/h3-11H,2,12H2,1H3. The number of aromatic nitrogens is 2. The van der Waals surface area contributed by atoms with Gasteiger partial charge in [0.2, 0.25) is 0 Å². The first-order chi connectivity index (χ1) is 11.6. The quantitative estimate of drug-likeness (QED) is 0.669. The van der Waals surface area contributed by atoms with Crippen molar-refractivity contribution in [3.05, 3.63) is 86.1 Å². The Bertz CT molecular complexity index is 917. The second kappa shape index (κ2) is 7.20. The van der Waals surface area contributed by atoms with Gasteiger partial charge < -0.3 is 0 Å². The molecule has 0 atom stereocenters. The van der Waals surface area contributed by atoms with Crippen LogP contribution in [-0.4, -0.2) is 9.78 Å². The number of hydrogen-bond donors (Lipinski definition) is 0. The summed E-state index contributed by atoms with van der Waals surface area (Å²) < 4.78 is 1.43. The molecule has 3 rings (SSSR count). The molecule has 0 aliphatic carbocycles. The number of aryl methyl sites for hydroxylation is 1. The van der Waals surface area contributed by atoms with E-state index >= 15 is 0 Å². The van der Waals surface area contributed by atoms with E-state index < -0.39 is 0 Å². The molecule has 122 valence electrons. The second-order valence-corrected chi connectivity index (χ2v) is 6.33. The maximum absolute atomic E-state index is 12.1. The Morgan fingerprint density at radius 3 is 2.29 bits per heavy atom. The lowest BCUT2D eigenvalue weighted by Gasteiger charge is -2.08. The molecule has 24 heavy (non-hydrogen) atoms. The first-order valence-electron chi connectivity index (χ1n) is 7.68. The van der Waals surface area contributed by atoms with Gasteiger partial charge in [-0.2, -0.15) is 5.10 Å². The largest absolute Gasteiger partial charge is 0.268 e. The minimum Gasteiger partial charge on any atom is -0.268 e. The molecule has 0 aliphatic heterocycles. The van der Waals surface area contributed by atoms with E-state index in [1.54, 1.807) is 18.2 Å². The summed E-state index contributed by atoms with van der Waals surface area (Å²) >= 11 is 12.0. The summed E-state index contributed by atoms with van der Waals surface area (Å²) in [7, 11) is 0. The van der Waals surface area contributed by atoms with Crippen molar-refractivity contribution < 1.29 is 0 Å². The average Bonchev–Trinajstić information content (AvgIpc) is 2.60. The van der Waals surface area contributed by atoms with E-state index in [1.165, 1.54) is 16.3 Å². The maximum atomic E-state index is 12.1. The molecule has 0 saturated carbocycles. The molecule has 1 heterocycles. The van der Waals surface area contributed by atoms with Crippen LogP contribution in [0, 0.1) is 0 Å². The molecule has 0 aliphatic rings. The number of nitrogens with zero attached hydrogens (tertiary/aromatic N) is 2. The van der Waals surface area contributed by atoms with Crippen molar-refractivity contribution in [2.45, 2.75) is 19.9 Å². The van der Waals surface area contributed by atoms with Gasteiger partial charge in [0, 0.05) is 11.6 Å². The van der Waals surface area contributed by atoms with Crippen molar-refractivity contribution in [2.24, 2.45) is 0 Å². The van der Waals surface area contributed by atoms with Crippen molar-refractivity contribution in [1.82, 2.24) is 9.78 Å². The third kappa shape index (κ3) is 3.69. The molecule has 0 saturated heterocycles. The highest BCUT2D eigenvalue weighted by atomic mass is 35.5. The van der Waals surface area contributed by atoms with Crippen molar-refractivity contribution in [3.8, 4) is 11.3 Å². The van der Waals surface area contributed by atoms with Crippen LogP contribution in [-0.2, 0) is 13.0 Å². The normalized spacial score (nSPS) is 10.8. The molecule has 0 amide bonds. The van der Waals surface area contributed by atoms with Gasteiger partial charge in [0.15, 0.2) is 0 Å². The second-order valence-electron chi connectivity index (χ2n) is 5.51. The minimum atomic E-state index is -0.157. The van der Waals surface area contributed by atoms with E-state index in [0.717, 1.165) is 23.2 Å². The van der Waals surface area contributed by atoms with E-state index in [9.17, 15) is 4.79 Å². The van der Waals surface area contributed by atoms with Crippen LogP contribution < -0.4 is 5.56 Å². The van der Waals surface area contributed by atoms with Gasteiger partial charge in [-0.05, 0) is 35.7 Å². The number of rotatable bonds is 4. The Kier molecular flexibility index (Phi) is 5.03. The van der Waals surface area contributed by atoms with Gasteiger partial charge in [0.1, 0.15) is 0 Å². The zero-order valence-electron chi connectivity index (χ0n) is 13.2. The monoisotopic (exact) mass is 358 g/mol. The molecule has 0 radical (unpaired) electrons. The minimum absolute atomic E-state index is 0.157. The number of hydrogen-bond acceptors (Lipinski definition) is 2. The lowest BCUT2D eigenvalue weighted by Crippen LogP contribution is -2.22. The molecule has 0 spiro atoms. The maximum Gasteiger partial charge on any atom is 0.267 e. The highest BCUT2D eigenvalue weighted by molar-refractivity contribution is 6.42. The molecule has 0 N–H and O–H groups in total. The SMILES string of the molecule is CCc1ccc(-c2ccc(=O)n(Cc3ccc(Cl)c(Cl)c3)n2)cc1. The van der Waals surface area contributed by atoms with Crippen LogP contribution in [0.1, 0.15) is 18.1 Å². The lowest BCUT2D eigenvalue weighted by molar-refractivity contribution is 0.643. The summed E-state index contributed by atoms with van der Waals surface area (Å²) in [5, 5.41) is 5.43. The Labute approximate surface area is 150 Å². The smallest absolute Gasteiger partial charge is 0.267 e. The van der Waals surface area contributed by atoms with Crippen molar-refractivity contribution in [1.29, 1.82) is 0 Å². The third-order valence-corrected chi connectivity index (χ3v) is 4.58. The van der Waals surface area contributed by atoms with Crippen LogP contribution in [0.4, 0.5) is 0 Å². The van der Waals surface area contributed by atoms with Crippen molar-refractivity contribution in [2.75, 3.05) is 0 Å². The summed E-state index contributed by atoms with van der Waals surface area (Å²) in [5.74, 6) is 0. The summed E-state index contributed by atoms with van der Waals surface area (Å²) in [6.45, 7) is 2.46. The highest BCUT2D eigenvalue weighted by Gasteiger charge is 2.06. The molecule has 3 aromatic rings. The average molecular weight is 359 g/mol. The van der Waals surface area contributed by atoms with Crippen molar-refractivity contribution >= 4 is 23.2 Å². The fourth-order valence-electron chi connectivity index (χ4n) is 2.44. The molecule has 2 aromatic carbocycles. The van der Waals surface area contributed by atoms with Gasteiger partial charge in [-0.15, -0.1) is 0 Å². The molecule has 0 unspecified atom stereocenters. The van der Waals surface area contributed by atoms with Gasteiger partial charge in [-0.3, -0.25) is 4.79 Å². The van der Waals surface area contributed by atoms with Gasteiger partial charge in [0.05, 0.1) is 22.3 Å². The van der Waals surface area contributed by atoms with Crippen LogP contribution in [0.3, 0.4) is 0 Å². The van der Waals surface area contributed by atoms with Crippen LogP contribution in [0.25, 0.3) is 11.3 Å². The van der Waals surface area contributed by atoms with Crippen LogP contribution in [0.15, 0.2) is 59.4 Å². The number of halogens is 2. The molecule has 3 nitrogen and oxygen atoms in total. The molecular formula is C19H16Cl2N2O. The zero-order chi connectivity index (χ0) is 17.1. The molecule has 1 aromatic heterocycles. The molecule has 0 fully saturated rings. The predicted molar refractivity (Wildman–Crippen MR) is 98.9 cm³/mol. The third-order valence-electron chi connectivity index (χ3n) is 3.84. The van der Waals surface area contributed by atoms with E-state index in [1.807, 2.05) is 18.2 Å². The molecular weight excluding hydrogens is 343 g/mol. The molecule has 5 heteroatoms. The van der Waals surface area contributed by atoms with E-state index in [0.29, 0.717) is 16.6 Å². The molecule has 0 bridgehead atoms. The lowest BCUT2D eigenvalue weighted by atomic mass is 10.1. The Balaban J connectivity index is 1.93. The Hall–Kier alpha value is -2.10. The summed E-state index contributed by atoms with van der Waals surface area (Å²) in [6, 6.07) is 16.8. The fraction of sp³-hybridized carbons (Fsp3) is 0.158. The van der Waals surface area contributed by atoms with Crippen LogP contribution in [0.2, 0.25) is 10.0 Å². The number of benzene rings is 2. The first kappa shape index (κ1) is 16.7. The van der Waals surface area contributed by atoms with Crippen LogP contribution in [0.5, 0.6) is 0 Å². The summed E-state index contributed by atoms with van der Waals surface area (Å²) in [6.07, 6.45) is 0.991. The zero-order valence-corrected chi connectivity index (χ0v) is 14.7. The highest BCUT2D eigenvalue weighted by Crippen LogP contribution is 2.23. The summed E-state index contributed by atoms with van der Waals surface area (Å²) in [5.41, 5.74) is 3.72.